The van der Waals surface area contributed by atoms with Gasteiger partial charge >= 0.3 is 0 Å². The maximum Gasteiger partial charge on any atom is 0.0600 e. The van der Waals surface area contributed by atoms with Gasteiger partial charge in [-0.3, -0.25) is 9.97 Å². The molecule has 4 heteroatoms. The fourth-order valence-corrected chi connectivity index (χ4v) is 1.55. The van der Waals surface area contributed by atoms with Crippen LogP contribution in [0.2, 0.25) is 0 Å². The van der Waals surface area contributed by atoms with E-state index in [1.54, 1.807) is 0 Å². The third-order valence-electron chi connectivity index (χ3n) is 3.05. The van der Waals surface area contributed by atoms with E-state index in [9.17, 15) is 0 Å². The Balaban J connectivity index is 0.000000180. The highest BCUT2D eigenvalue weighted by atomic mass is 15.1. The lowest BCUT2D eigenvalue weighted by atomic mass is 10.3. The van der Waals surface area contributed by atoms with Crippen LogP contribution >= 0.6 is 0 Å². The first kappa shape index (κ1) is 19.4. The van der Waals surface area contributed by atoms with Gasteiger partial charge in [-0.1, -0.05) is 12.1 Å². The molecule has 24 heavy (non-hydrogen) atoms. The molecule has 0 radical (unpaired) electrons. The Hall–Kier alpha value is -2.62. The number of aryl methyl sites for hydroxylation is 6. The zero-order valence-corrected chi connectivity index (χ0v) is 15.4. The first-order valence-corrected chi connectivity index (χ1v) is 7.92. The van der Waals surface area contributed by atoms with E-state index in [1.807, 2.05) is 78.2 Å². The molecule has 0 saturated heterocycles. The second kappa shape index (κ2) is 10.2. The summed E-state index contributed by atoms with van der Waals surface area (Å²) in [6.07, 6.45) is 3.74. The molecule has 0 amide bonds. The average molecular weight is 322 g/mol. The molecule has 0 N–H and O–H groups in total. The highest BCUT2D eigenvalue weighted by Crippen LogP contribution is 1.95. The summed E-state index contributed by atoms with van der Waals surface area (Å²) >= 11 is 0. The molecule has 0 fully saturated rings. The van der Waals surface area contributed by atoms with Gasteiger partial charge in [0.05, 0.1) is 11.4 Å². The zero-order chi connectivity index (χ0) is 17.9. The first-order valence-electron chi connectivity index (χ1n) is 7.92. The zero-order valence-electron chi connectivity index (χ0n) is 15.4. The number of pyridine rings is 2. The van der Waals surface area contributed by atoms with Gasteiger partial charge in [-0.15, -0.1) is 0 Å². The van der Waals surface area contributed by atoms with Gasteiger partial charge in [-0.05, 0) is 76.9 Å². The summed E-state index contributed by atoms with van der Waals surface area (Å²) in [7, 11) is 0. The van der Waals surface area contributed by atoms with Crippen LogP contribution in [0.5, 0.6) is 0 Å². The van der Waals surface area contributed by atoms with Crippen molar-refractivity contribution in [3.63, 3.8) is 0 Å². The van der Waals surface area contributed by atoms with Crippen LogP contribution in [0.15, 0.2) is 48.8 Å². The van der Waals surface area contributed by atoms with Crippen molar-refractivity contribution < 1.29 is 0 Å². The van der Waals surface area contributed by atoms with Crippen LogP contribution in [-0.4, -0.2) is 20.2 Å². The molecule has 3 aromatic rings. The minimum atomic E-state index is 0.968. The van der Waals surface area contributed by atoms with E-state index < -0.39 is 0 Å². The summed E-state index contributed by atoms with van der Waals surface area (Å²) in [5.74, 6) is 0. The number of aromatic nitrogens is 4. The Morgan fingerprint density at radius 3 is 1.00 bits per heavy atom. The average Bonchev–Trinajstić information content (AvgIpc) is 2.57. The van der Waals surface area contributed by atoms with E-state index in [0.29, 0.717) is 0 Å². The third-order valence-corrected chi connectivity index (χ3v) is 3.05. The molecule has 0 atom stereocenters. The topological polar surface area (TPSA) is 51.6 Å². The van der Waals surface area contributed by atoms with Gasteiger partial charge in [-0.25, -0.2) is 0 Å². The smallest absolute Gasteiger partial charge is 0.0600 e. The molecule has 0 spiro atoms. The monoisotopic (exact) mass is 322 g/mol. The van der Waals surface area contributed by atoms with Gasteiger partial charge in [0.2, 0.25) is 0 Å². The largest absolute Gasteiger partial charge is 0.261 e. The fraction of sp³-hybridized carbons (Fsp3) is 0.300. The Labute approximate surface area is 145 Å². The van der Waals surface area contributed by atoms with E-state index in [0.717, 1.165) is 22.8 Å². The molecule has 0 aromatic carbocycles. The van der Waals surface area contributed by atoms with Crippen LogP contribution in [0.1, 0.15) is 33.9 Å². The number of hydrogen-bond acceptors (Lipinski definition) is 4. The summed E-state index contributed by atoms with van der Waals surface area (Å²) in [5, 5.41) is 7.66. The van der Waals surface area contributed by atoms with Crippen molar-refractivity contribution in [1.29, 1.82) is 0 Å². The maximum absolute atomic E-state index is 4.08. The van der Waals surface area contributed by atoms with Crippen molar-refractivity contribution >= 4 is 0 Å². The van der Waals surface area contributed by atoms with Crippen molar-refractivity contribution in [2.24, 2.45) is 0 Å². The molecule has 126 valence electrons. The van der Waals surface area contributed by atoms with E-state index in [2.05, 4.69) is 32.3 Å². The van der Waals surface area contributed by atoms with Gasteiger partial charge in [0.25, 0.3) is 0 Å². The quantitative estimate of drug-likeness (QED) is 0.612. The van der Waals surface area contributed by atoms with Gasteiger partial charge in [-0.2, -0.15) is 10.2 Å². The SMILES string of the molecule is Cc1ccc(C)nc1.Cc1ccc(C)nc1.Cc1ccc(C)nn1. The molecular formula is C20H26N4. The molecule has 0 aliphatic carbocycles. The lowest BCUT2D eigenvalue weighted by molar-refractivity contribution is 0.941. The van der Waals surface area contributed by atoms with Crippen molar-refractivity contribution in [1.82, 2.24) is 20.2 Å². The number of rotatable bonds is 0. The normalized spacial score (nSPS) is 9.25. The van der Waals surface area contributed by atoms with Crippen LogP contribution < -0.4 is 0 Å². The van der Waals surface area contributed by atoms with Crippen LogP contribution in [0.4, 0.5) is 0 Å². The van der Waals surface area contributed by atoms with E-state index in [4.69, 9.17) is 0 Å². The second-order valence-electron chi connectivity index (χ2n) is 5.77. The Morgan fingerprint density at radius 1 is 0.458 bits per heavy atom. The van der Waals surface area contributed by atoms with Crippen molar-refractivity contribution in [2.75, 3.05) is 0 Å². The predicted molar refractivity (Wildman–Crippen MR) is 98.9 cm³/mol. The Kier molecular flexibility index (Phi) is 8.26. The fourth-order valence-electron chi connectivity index (χ4n) is 1.55. The first-order chi connectivity index (χ1) is 11.4. The van der Waals surface area contributed by atoms with Crippen LogP contribution in [0, 0.1) is 41.5 Å². The van der Waals surface area contributed by atoms with E-state index in [-0.39, 0.29) is 0 Å². The molecule has 3 heterocycles. The van der Waals surface area contributed by atoms with Crippen molar-refractivity contribution in [3.05, 3.63) is 82.7 Å². The summed E-state index contributed by atoms with van der Waals surface area (Å²) in [4.78, 5) is 8.16. The molecule has 3 aromatic heterocycles. The summed E-state index contributed by atoms with van der Waals surface area (Å²) in [6, 6.07) is 12.0. The molecule has 0 unspecified atom stereocenters. The number of nitrogens with zero attached hydrogens (tertiary/aromatic N) is 4. The summed E-state index contributed by atoms with van der Waals surface area (Å²) in [5.41, 5.74) is 6.53. The lowest BCUT2D eigenvalue weighted by Crippen LogP contribution is -1.86. The van der Waals surface area contributed by atoms with Crippen LogP contribution in [0.3, 0.4) is 0 Å². The predicted octanol–water partition coefficient (Wildman–Crippen LogP) is 4.49. The van der Waals surface area contributed by atoms with Gasteiger partial charge in [0.15, 0.2) is 0 Å². The minimum Gasteiger partial charge on any atom is -0.261 e. The van der Waals surface area contributed by atoms with E-state index >= 15 is 0 Å². The van der Waals surface area contributed by atoms with Crippen LogP contribution in [0.25, 0.3) is 0 Å². The summed E-state index contributed by atoms with van der Waals surface area (Å²) in [6.45, 7) is 11.9. The van der Waals surface area contributed by atoms with Crippen molar-refractivity contribution in [2.45, 2.75) is 41.5 Å². The second-order valence-corrected chi connectivity index (χ2v) is 5.77. The molecule has 0 aliphatic heterocycles. The minimum absolute atomic E-state index is 0.968. The van der Waals surface area contributed by atoms with Crippen molar-refractivity contribution in [3.8, 4) is 0 Å². The molecule has 3 rings (SSSR count). The number of hydrogen-bond donors (Lipinski definition) is 0. The summed E-state index contributed by atoms with van der Waals surface area (Å²) < 4.78 is 0. The Bertz CT molecular complexity index is 536. The van der Waals surface area contributed by atoms with Gasteiger partial charge in [0.1, 0.15) is 0 Å². The third kappa shape index (κ3) is 8.73. The van der Waals surface area contributed by atoms with E-state index in [1.165, 1.54) is 11.1 Å². The molecular weight excluding hydrogens is 296 g/mol. The maximum atomic E-state index is 4.08. The molecule has 4 nitrogen and oxygen atoms in total. The Morgan fingerprint density at radius 2 is 0.792 bits per heavy atom. The highest BCUT2D eigenvalue weighted by Gasteiger charge is 1.83. The standard InChI is InChI=1S/2C7H9N.C6H8N2/c2*1-6-3-4-7(2)8-5-6;1-5-3-4-6(2)8-7-5/h2*3-5H,1-2H3;3-4H,1-2H3. The lowest BCUT2D eigenvalue weighted by Gasteiger charge is -1.89. The van der Waals surface area contributed by atoms with Crippen LogP contribution in [-0.2, 0) is 0 Å². The highest BCUT2D eigenvalue weighted by molar-refractivity contribution is 5.11. The molecule has 0 aliphatic rings. The molecule has 0 saturated carbocycles. The van der Waals surface area contributed by atoms with Gasteiger partial charge < -0.3 is 0 Å². The van der Waals surface area contributed by atoms with Gasteiger partial charge in [0, 0.05) is 23.8 Å². The molecule has 0 bridgehead atoms.